The van der Waals surface area contributed by atoms with Crippen molar-refractivity contribution in [2.45, 2.75) is 59.2 Å². The summed E-state index contributed by atoms with van der Waals surface area (Å²) in [6, 6.07) is 7.02. The van der Waals surface area contributed by atoms with E-state index >= 15 is 0 Å². The van der Waals surface area contributed by atoms with Crippen LogP contribution in [0.3, 0.4) is 0 Å². The van der Waals surface area contributed by atoms with E-state index in [1.807, 2.05) is 33.8 Å². The van der Waals surface area contributed by atoms with Crippen LogP contribution in [0.15, 0.2) is 30.5 Å². The number of fused-ring (bicyclic) bond motifs is 1. The summed E-state index contributed by atoms with van der Waals surface area (Å²) in [7, 11) is 0. The Kier molecular flexibility index (Phi) is 7.68. The van der Waals surface area contributed by atoms with E-state index in [1.165, 1.54) is 6.92 Å². The number of hydrogen-bond donors (Lipinski definition) is 1. The lowest BCUT2D eigenvalue weighted by Crippen LogP contribution is -2.39. The molecule has 1 aliphatic rings. The molecule has 9 heteroatoms. The van der Waals surface area contributed by atoms with Crippen molar-refractivity contribution in [3.63, 3.8) is 0 Å². The van der Waals surface area contributed by atoms with Gasteiger partial charge in [0.25, 0.3) is 0 Å². The van der Waals surface area contributed by atoms with Crippen LogP contribution < -0.4 is 14.8 Å². The standard InChI is InChI=1S/C24H30ClN3O5/c1-15(27-16(2)29)14-31-21-9-7-18(12-26-21)32-20-8-6-17-13-28(11-10-19(17)22(20)25)23(30)33-24(3,4)5/h6-9,12,15H,10-11,13-14H2,1-5H3,(H,27,29)/t15-/m0/s1. The van der Waals surface area contributed by atoms with E-state index in [4.69, 9.17) is 25.8 Å². The minimum absolute atomic E-state index is 0.109. The molecular weight excluding hydrogens is 446 g/mol. The predicted octanol–water partition coefficient (Wildman–Crippen LogP) is 4.72. The molecule has 178 valence electrons. The number of carbonyl (C=O) groups is 2. The average Bonchev–Trinajstić information content (AvgIpc) is 2.73. The summed E-state index contributed by atoms with van der Waals surface area (Å²) in [4.78, 5) is 29.4. The summed E-state index contributed by atoms with van der Waals surface area (Å²) in [5.74, 6) is 1.36. The normalized spacial score (nSPS) is 14.2. The van der Waals surface area contributed by atoms with Crippen LogP contribution in [0.4, 0.5) is 4.79 Å². The van der Waals surface area contributed by atoms with E-state index in [2.05, 4.69) is 10.3 Å². The summed E-state index contributed by atoms with van der Waals surface area (Å²) < 4.78 is 17.0. The number of nitrogens with zero attached hydrogens (tertiary/aromatic N) is 2. The zero-order valence-corrected chi connectivity index (χ0v) is 20.4. The molecule has 2 aromatic rings. The van der Waals surface area contributed by atoms with Crippen molar-refractivity contribution < 1.29 is 23.8 Å². The fourth-order valence-electron chi connectivity index (χ4n) is 3.39. The number of carbonyl (C=O) groups excluding carboxylic acids is 2. The highest BCUT2D eigenvalue weighted by atomic mass is 35.5. The third-order valence-electron chi connectivity index (χ3n) is 4.82. The van der Waals surface area contributed by atoms with Crippen molar-refractivity contribution in [2.75, 3.05) is 13.2 Å². The molecule has 1 atom stereocenters. The molecule has 1 aliphatic heterocycles. The zero-order valence-electron chi connectivity index (χ0n) is 19.6. The van der Waals surface area contributed by atoms with Gasteiger partial charge in [-0.05, 0) is 57.4 Å². The highest BCUT2D eigenvalue weighted by molar-refractivity contribution is 6.33. The zero-order chi connectivity index (χ0) is 24.2. The van der Waals surface area contributed by atoms with Gasteiger partial charge in [-0.3, -0.25) is 4.79 Å². The second-order valence-corrected chi connectivity index (χ2v) is 9.39. The third kappa shape index (κ3) is 6.99. The lowest BCUT2D eigenvalue weighted by molar-refractivity contribution is -0.119. The first kappa shape index (κ1) is 24.6. The maximum Gasteiger partial charge on any atom is 0.410 e. The van der Waals surface area contributed by atoms with Crippen LogP contribution in [-0.4, -0.2) is 46.7 Å². The molecule has 0 unspecified atom stereocenters. The molecule has 1 aromatic heterocycles. The lowest BCUT2D eigenvalue weighted by Gasteiger charge is -2.31. The van der Waals surface area contributed by atoms with Gasteiger partial charge in [0, 0.05) is 26.1 Å². The number of rotatable bonds is 6. The molecule has 0 saturated carbocycles. The van der Waals surface area contributed by atoms with Crippen molar-refractivity contribution in [1.29, 1.82) is 0 Å². The highest BCUT2D eigenvalue weighted by Crippen LogP contribution is 2.36. The Morgan fingerprint density at radius 2 is 2.00 bits per heavy atom. The van der Waals surface area contributed by atoms with Gasteiger partial charge in [0.15, 0.2) is 0 Å². The van der Waals surface area contributed by atoms with E-state index in [9.17, 15) is 9.59 Å². The second-order valence-electron chi connectivity index (χ2n) is 9.01. The Bertz CT molecular complexity index is 1000. The number of pyridine rings is 1. The number of amides is 2. The molecule has 0 bridgehead atoms. The number of ether oxygens (including phenoxy) is 3. The van der Waals surface area contributed by atoms with Crippen LogP contribution in [0.25, 0.3) is 0 Å². The van der Waals surface area contributed by atoms with Crippen LogP contribution in [-0.2, 0) is 22.5 Å². The van der Waals surface area contributed by atoms with E-state index < -0.39 is 5.60 Å². The van der Waals surface area contributed by atoms with Gasteiger partial charge < -0.3 is 24.4 Å². The first-order valence-electron chi connectivity index (χ1n) is 10.8. The van der Waals surface area contributed by atoms with Crippen molar-refractivity contribution in [2.24, 2.45) is 0 Å². The summed E-state index contributed by atoms with van der Waals surface area (Å²) in [6.07, 6.45) is 1.84. The fraction of sp³-hybridized carbons (Fsp3) is 0.458. The minimum Gasteiger partial charge on any atom is -0.475 e. The first-order chi connectivity index (χ1) is 15.5. The smallest absolute Gasteiger partial charge is 0.410 e. The van der Waals surface area contributed by atoms with Gasteiger partial charge in [-0.1, -0.05) is 17.7 Å². The lowest BCUT2D eigenvalue weighted by atomic mass is 9.99. The molecule has 0 saturated heterocycles. The topological polar surface area (TPSA) is 90.0 Å². The molecule has 33 heavy (non-hydrogen) atoms. The van der Waals surface area contributed by atoms with Crippen LogP contribution in [0.5, 0.6) is 17.4 Å². The number of halogens is 1. The van der Waals surface area contributed by atoms with Crippen molar-refractivity contribution in [3.05, 3.63) is 46.6 Å². The summed E-state index contributed by atoms with van der Waals surface area (Å²) in [5, 5.41) is 3.28. The van der Waals surface area contributed by atoms with Gasteiger partial charge in [0.2, 0.25) is 11.8 Å². The van der Waals surface area contributed by atoms with E-state index in [-0.39, 0.29) is 18.0 Å². The maximum atomic E-state index is 12.4. The van der Waals surface area contributed by atoms with Crippen molar-refractivity contribution >= 4 is 23.6 Å². The van der Waals surface area contributed by atoms with Gasteiger partial charge in [0.05, 0.1) is 17.3 Å². The summed E-state index contributed by atoms with van der Waals surface area (Å²) in [5.41, 5.74) is 1.40. The maximum absolute atomic E-state index is 12.4. The number of nitrogens with one attached hydrogen (secondary N) is 1. The molecule has 2 amide bonds. The Labute approximate surface area is 199 Å². The molecule has 3 rings (SSSR count). The fourth-order valence-corrected chi connectivity index (χ4v) is 3.71. The minimum atomic E-state index is -0.537. The molecule has 0 spiro atoms. The van der Waals surface area contributed by atoms with Gasteiger partial charge in [-0.2, -0.15) is 0 Å². The molecule has 2 heterocycles. The van der Waals surface area contributed by atoms with Crippen LogP contribution in [0.1, 0.15) is 45.7 Å². The molecule has 0 fully saturated rings. The van der Waals surface area contributed by atoms with Gasteiger partial charge >= 0.3 is 6.09 Å². The molecule has 1 N–H and O–H groups in total. The quantitative estimate of drug-likeness (QED) is 0.650. The number of aromatic nitrogens is 1. The van der Waals surface area contributed by atoms with E-state index in [0.29, 0.717) is 48.5 Å². The monoisotopic (exact) mass is 475 g/mol. The average molecular weight is 476 g/mol. The Morgan fingerprint density at radius 3 is 2.64 bits per heavy atom. The van der Waals surface area contributed by atoms with E-state index in [0.717, 1.165) is 11.1 Å². The third-order valence-corrected chi connectivity index (χ3v) is 5.23. The van der Waals surface area contributed by atoms with Crippen molar-refractivity contribution in [1.82, 2.24) is 15.2 Å². The molecular formula is C24H30ClN3O5. The summed E-state index contributed by atoms with van der Waals surface area (Å²) in [6.45, 7) is 10.1. The number of benzene rings is 1. The molecule has 1 aromatic carbocycles. The molecule has 0 aliphatic carbocycles. The van der Waals surface area contributed by atoms with Gasteiger partial charge in [-0.15, -0.1) is 0 Å². The van der Waals surface area contributed by atoms with Crippen molar-refractivity contribution in [3.8, 4) is 17.4 Å². The second kappa shape index (κ2) is 10.3. The van der Waals surface area contributed by atoms with Crippen LogP contribution in [0, 0.1) is 0 Å². The first-order valence-corrected chi connectivity index (χ1v) is 11.2. The van der Waals surface area contributed by atoms with Gasteiger partial charge in [0.1, 0.15) is 23.7 Å². The van der Waals surface area contributed by atoms with Gasteiger partial charge in [-0.25, -0.2) is 9.78 Å². The number of hydrogen-bond acceptors (Lipinski definition) is 6. The Hall–Kier alpha value is -3.00. The van der Waals surface area contributed by atoms with Crippen LogP contribution in [0.2, 0.25) is 5.02 Å². The molecule has 0 radical (unpaired) electrons. The van der Waals surface area contributed by atoms with Crippen LogP contribution >= 0.6 is 11.6 Å². The Balaban J connectivity index is 1.62. The Morgan fingerprint density at radius 1 is 1.24 bits per heavy atom. The SMILES string of the molecule is CC(=O)N[C@@H](C)COc1ccc(Oc2ccc3c(c2Cl)CCN(C(=O)OC(C)(C)C)C3)cn1. The largest absolute Gasteiger partial charge is 0.475 e. The predicted molar refractivity (Wildman–Crippen MR) is 125 cm³/mol. The molecule has 8 nitrogen and oxygen atoms in total. The summed E-state index contributed by atoms with van der Waals surface area (Å²) >= 11 is 6.63. The highest BCUT2D eigenvalue weighted by Gasteiger charge is 2.27. The van der Waals surface area contributed by atoms with E-state index in [1.54, 1.807) is 29.3 Å².